The molecule has 0 radical (unpaired) electrons. The summed E-state index contributed by atoms with van der Waals surface area (Å²) in [5.41, 5.74) is -0.398. The summed E-state index contributed by atoms with van der Waals surface area (Å²) in [6.45, 7) is 0. The van der Waals surface area contributed by atoms with Crippen molar-refractivity contribution in [2.75, 3.05) is 0 Å². The molecule has 0 bridgehead atoms. The van der Waals surface area contributed by atoms with Crippen LogP contribution in [0, 0.1) is 11.6 Å². The average Bonchev–Trinajstić information content (AvgIpc) is 2.09. The number of aliphatic hydroxyl groups is 1. The van der Waals surface area contributed by atoms with Crippen molar-refractivity contribution in [3.8, 4) is 0 Å². The van der Waals surface area contributed by atoms with Crippen LogP contribution in [0.1, 0.15) is 11.8 Å². The zero-order valence-electron chi connectivity index (χ0n) is 8.50. The van der Waals surface area contributed by atoms with E-state index in [4.69, 9.17) is 5.11 Å². The molecule has 2 nitrogen and oxygen atoms in total. The first-order valence-electron chi connectivity index (χ1n) is 3.45. The minimum Gasteiger partial charge on any atom is -1.00 e. The van der Waals surface area contributed by atoms with E-state index in [2.05, 4.69) is 0 Å². The molecule has 1 aromatic rings. The van der Waals surface area contributed by atoms with Gasteiger partial charge >= 0.3 is 29.6 Å². The summed E-state index contributed by atoms with van der Waals surface area (Å²) in [6.07, 6.45) is 1.23. The van der Waals surface area contributed by atoms with Crippen molar-refractivity contribution in [2.24, 2.45) is 0 Å². The summed E-state index contributed by atoms with van der Waals surface area (Å²) >= 11 is 0. The minimum absolute atomic E-state index is 0. The molecule has 0 aliphatic rings. The topological polar surface area (TPSA) is 37.3 Å². The predicted octanol–water partition coefficient (Wildman–Crippen LogP) is -0.664. The number of allylic oxidation sites excluding steroid dienone is 1. The van der Waals surface area contributed by atoms with Crippen LogP contribution in [-0.4, -0.2) is 10.9 Å². The molecule has 0 aromatic heterocycles. The third-order valence-electron chi connectivity index (χ3n) is 1.42. The first-order valence-corrected chi connectivity index (χ1v) is 3.45. The molecule has 1 aromatic carbocycles. The Morgan fingerprint density at radius 1 is 1.43 bits per heavy atom. The Morgan fingerprint density at radius 2 is 2.07 bits per heavy atom. The van der Waals surface area contributed by atoms with Crippen molar-refractivity contribution in [3.63, 3.8) is 0 Å². The molecule has 0 spiro atoms. The maximum Gasteiger partial charge on any atom is 1.00 e. The fourth-order valence-corrected chi connectivity index (χ4v) is 0.844. The summed E-state index contributed by atoms with van der Waals surface area (Å²) in [4.78, 5) is 11.0. The van der Waals surface area contributed by atoms with E-state index in [0.29, 0.717) is 6.26 Å². The third kappa shape index (κ3) is 3.21. The normalized spacial score (nSPS) is 9.86. The van der Waals surface area contributed by atoms with Crippen LogP contribution in [0.25, 0.3) is 0 Å². The molecule has 5 heteroatoms. The number of carbonyl (C=O) groups excluding carboxylic acids is 1. The van der Waals surface area contributed by atoms with Gasteiger partial charge in [0.05, 0.1) is 11.8 Å². The van der Waals surface area contributed by atoms with Gasteiger partial charge in [0.2, 0.25) is 0 Å². The Bertz CT molecular complexity index is 369. The number of hydrogen-bond acceptors (Lipinski definition) is 2. The van der Waals surface area contributed by atoms with Crippen molar-refractivity contribution in [1.82, 2.24) is 0 Å². The molecule has 0 unspecified atom stereocenters. The number of ketones is 1. The molecule has 0 saturated heterocycles. The van der Waals surface area contributed by atoms with Crippen molar-refractivity contribution in [2.45, 2.75) is 0 Å². The van der Waals surface area contributed by atoms with E-state index in [-0.39, 0.29) is 31.0 Å². The van der Waals surface area contributed by atoms with Gasteiger partial charge in [-0.3, -0.25) is 4.79 Å². The Hall–Kier alpha value is -0.710. The third-order valence-corrected chi connectivity index (χ3v) is 1.42. The van der Waals surface area contributed by atoms with Crippen molar-refractivity contribution >= 4 is 5.78 Å². The maximum atomic E-state index is 12.8. The second-order valence-electron chi connectivity index (χ2n) is 2.30. The van der Waals surface area contributed by atoms with Crippen LogP contribution < -0.4 is 29.6 Å². The minimum atomic E-state index is -0.815. The van der Waals surface area contributed by atoms with Crippen LogP contribution in [0.15, 0.2) is 30.5 Å². The van der Waals surface area contributed by atoms with E-state index in [9.17, 15) is 13.6 Å². The number of rotatable bonds is 2. The monoisotopic (exact) mass is 208 g/mol. The number of benzene rings is 1. The summed E-state index contributed by atoms with van der Waals surface area (Å²) in [5.74, 6) is -2.29. The van der Waals surface area contributed by atoms with Gasteiger partial charge in [-0.25, -0.2) is 8.78 Å². The van der Waals surface area contributed by atoms with E-state index in [1.165, 1.54) is 0 Å². The molecular formula is C9H7F2NaO2. The molecule has 0 atom stereocenters. The predicted molar refractivity (Wildman–Crippen MR) is 43.6 cm³/mol. The summed E-state index contributed by atoms with van der Waals surface area (Å²) in [6, 6.07) is 2.54. The van der Waals surface area contributed by atoms with Gasteiger partial charge in [0, 0.05) is 6.08 Å². The smallest absolute Gasteiger partial charge is 1.00 e. The molecule has 1 rings (SSSR count). The SMILES string of the molecule is O=C(/C=C/O)c1cc(F)ccc1F.[H-].[Na+]. The molecule has 0 aliphatic heterocycles. The van der Waals surface area contributed by atoms with E-state index < -0.39 is 23.0 Å². The molecule has 0 saturated carbocycles. The largest absolute Gasteiger partial charge is 1.00 e. The van der Waals surface area contributed by atoms with Gasteiger partial charge in [0.15, 0.2) is 5.78 Å². The quantitative estimate of drug-likeness (QED) is 0.303. The Morgan fingerprint density at radius 3 is 2.64 bits per heavy atom. The van der Waals surface area contributed by atoms with E-state index >= 15 is 0 Å². The number of aliphatic hydroxyl groups excluding tert-OH is 1. The molecule has 70 valence electrons. The number of carbonyl (C=O) groups is 1. The zero-order valence-corrected chi connectivity index (χ0v) is 9.50. The standard InChI is InChI=1S/C9H6F2O2.Na.H/c10-6-1-2-8(11)7(5-6)9(13)3-4-12;;/h1-5,12H;;/q;+1;-1/b4-3+;;. The second-order valence-corrected chi connectivity index (χ2v) is 2.30. The first kappa shape index (κ1) is 13.3. The summed E-state index contributed by atoms with van der Waals surface area (Å²) in [5, 5.41) is 8.24. The molecule has 0 amide bonds. The second kappa shape index (κ2) is 5.90. The Labute approximate surface area is 103 Å². The number of hydrogen-bond donors (Lipinski definition) is 1. The molecule has 0 heterocycles. The molecular weight excluding hydrogens is 201 g/mol. The maximum absolute atomic E-state index is 12.8. The van der Waals surface area contributed by atoms with Gasteiger partial charge in [0.1, 0.15) is 11.6 Å². The van der Waals surface area contributed by atoms with E-state index in [1.807, 2.05) is 0 Å². The van der Waals surface area contributed by atoms with Crippen LogP contribution in [-0.2, 0) is 0 Å². The van der Waals surface area contributed by atoms with Gasteiger partial charge in [-0.05, 0) is 18.2 Å². The van der Waals surface area contributed by atoms with Crippen LogP contribution in [0.3, 0.4) is 0 Å². The zero-order chi connectivity index (χ0) is 9.84. The molecule has 1 N–H and O–H groups in total. The van der Waals surface area contributed by atoms with Crippen LogP contribution in [0.5, 0.6) is 0 Å². The van der Waals surface area contributed by atoms with Crippen LogP contribution in [0.4, 0.5) is 8.78 Å². The Balaban J connectivity index is 0. The van der Waals surface area contributed by atoms with E-state index in [1.54, 1.807) is 0 Å². The Kier molecular flexibility index (Phi) is 5.60. The van der Waals surface area contributed by atoms with Gasteiger partial charge in [0.25, 0.3) is 0 Å². The molecule has 0 aliphatic carbocycles. The van der Waals surface area contributed by atoms with Crippen molar-refractivity contribution in [1.29, 1.82) is 0 Å². The molecule has 14 heavy (non-hydrogen) atoms. The van der Waals surface area contributed by atoms with Gasteiger partial charge in [-0.2, -0.15) is 0 Å². The fourth-order valence-electron chi connectivity index (χ4n) is 0.844. The van der Waals surface area contributed by atoms with E-state index in [0.717, 1.165) is 24.3 Å². The summed E-state index contributed by atoms with van der Waals surface area (Å²) < 4.78 is 25.4. The average molecular weight is 208 g/mol. The van der Waals surface area contributed by atoms with Gasteiger partial charge in [-0.1, -0.05) is 0 Å². The molecule has 0 fully saturated rings. The van der Waals surface area contributed by atoms with Crippen LogP contribution >= 0.6 is 0 Å². The van der Waals surface area contributed by atoms with Gasteiger partial charge in [-0.15, -0.1) is 0 Å². The summed E-state index contributed by atoms with van der Waals surface area (Å²) in [7, 11) is 0. The van der Waals surface area contributed by atoms with Gasteiger partial charge < -0.3 is 6.53 Å². The van der Waals surface area contributed by atoms with Crippen molar-refractivity contribution in [3.05, 3.63) is 47.7 Å². The fraction of sp³-hybridized carbons (Fsp3) is 0. The van der Waals surface area contributed by atoms with Crippen molar-refractivity contribution < 1.29 is 49.7 Å². The number of halogens is 2. The first-order chi connectivity index (χ1) is 6.15. The van der Waals surface area contributed by atoms with Crippen LogP contribution in [0.2, 0.25) is 0 Å².